The van der Waals surface area contributed by atoms with Crippen LogP contribution < -0.4 is 4.90 Å². The molecule has 3 rings (SSSR count). The molecule has 0 aliphatic heterocycles. The van der Waals surface area contributed by atoms with Crippen molar-refractivity contribution < 1.29 is 0 Å². The van der Waals surface area contributed by atoms with Gasteiger partial charge in [-0.2, -0.15) is 0 Å². The first-order valence-corrected chi connectivity index (χ1v) is 5.97. The number of anilines is 2. The van der Waals surface area contributed by atoms with Gasteiger partial charge >= 0.3 is 0 Å². The fourth-order valence-electron chi connectivity index (χ4n) is 2.08. The molecule has 88 valence electrons. The van der Waals surface area contributed by atoms with Gasteiger partial charge in [0.1, 0.15) is 0 Å². The minimum Gasteiger partial charge on any atom is -0.345 e. The SMILES string of the molecule is CN(c1ccccc1)c1ccc2ccncc2c1. The van der Waals surface area contributed by atoms with Crippen molar-refractivity contribution in [1.82, 2.24) is 4.98 Å². The maximum atomic E-state index is 4.17. The third-order valence-electron chi connectivity index (χ3n) is 3.15. The Bertz CT molecular complexity index is 662. The number of para-hydroxylation sites is 1. The Morgan fingerprint density at radius 2 is 1.67 bits per heavy atom. The van der Waals surface area contributed by atoms with Gasteiger partial charge in [0, 0.05) is 36.2 Å². The average molecular weight is 234 g/mol. The van der Waals surface area contributed by atoms with Crippen LogP contribution in [0, 0.1) is 0 Å². The van der Waals surface area contributed by atoms with Gasteiger partial charge in [-0.3, -0.25) is 4.98 Å². The van der Waals surface area contributed by atoms with Crippen LogP contribution >= 0.6 is 0 Å². The molecule has 0 atom stereocenters. The number of rotatable bonds is 2. The molecule has 0 aliphatic carbocycles. The second-order valence-corrected chi connectivity index (χ2v) is 4.30. The quantitative estimate of drug-likeness (QED) is 0.666. The lowest BCUT2D eigenvalue weighted by atomic mass is 10.1. The molecule has 1 aromatic heterocycles. The lowest BCUT2D eigenvalue weighted by Crippen LogP contribution is -2.08. The normalized spacial score (nSPS) is 10.5. The average Bonchev–Trinajstić information content (AvgIpc) is 2.47. The van der Waals surface area contributed by atoms with E-state index in [1.54, 1.807) is 0 Å². The lowest BCUT2D eigenvalue weighted by Gasteiger charge is -2.19. The van der Waals surface area contributed by atoms with Crippen LogP contribution in [0.5, 0.6) is 0 Å². The first-order chi connectivity index (χ1) is 8.84. The highest BCUT2D eigenvalue weighted by Gasteiger charge is 2.03. The summed E-state index contributed by atoms with van der Waals surface area (Å²) in [5.74, 6) is 0. The van der Waals surface area contributed by atoms with Crippen molar-refractivity contribution in [2.45, 2.75) is 0 Å². The molecule has 0 fully saturated rings. The molecular weight excluding hydrogens is 220 g/mol. The number of hydrogen-bond acceptors (Lipinski definition) is 2. The molecule has 18 heavy (non-hydrogen) atoms. The Balaban J connectivity index is 2.04. The minimum atomic E-state index is 1.16. The maximum absolute atomic E-state index is 4.17. The Morgan fingerprint density at radius 1 is 0.833 bits per heavy atom. The van der Waals surface area contributed by atoms with Gasteiger partial charge in [0.25, 0.3) is 0 Å². The molecule has 0 N–H and O–H groups in total. The molecule has 0 saturated carbocycles. The number of nitrogens with zero attached hydrogens (tertiary/aromatic N) is 2. The second kappa shape index (κ2) is 4.49. The van der Waals surface area contributed by atoms with Crippen LogP contribution in [-0.2, 0) is 0 Å². The largest absolute Gasteiger partial charge is 0.345 e. The zero-order chi connectivity index (χ0) is 12.4. The van der Waals surface area contributed by atoms with Gasteiger partial charge in [-0.15, -0.1) is 0 Å². The van der Waals surface area contributed by atoms with Crippen molar-refractivity contribution in [3.63, 3.8) is 0 Å². The Hall–Kier alpha value is -2.35. The van der Waals surface area contributed by atoms with E-state index >= 15 is 0 Å². The lowest BCUT2D eigenvalue weighted by molar-refractivity contribution is 1.21. The highest BCUT2D eigenvalue weighted by Crippen LogP contribution is 2.26. The summed E-state index contributed by atoms with van der Waals surface area (Å²) in [5, 5.41) is 2.38. The van der Waals surface area contributed by atoms with Gasteiger partial charge in [0.2, 0.25) is 0 Å². The third-order valence-corrected chi connectivity index (χ3v) is 3.15. The van der Waals surface area contributed by atoms with Gasteiger partial charge in [0.05, 0.1) is 0 Å². The van der Waals surface area contributed by atoms with Gasteiger partial charge < -0.3 is 4.90 Å². The van der Waals surface area contributed by atoms with E-state index in [1.807, 2.05) is 24.5 Å². The van der Waals surface area contributed by atoms with Crippen molar-refractivity contribution in [2.75, 3.05) is 11.9 Å². The van der Waals surface area contributed by atoms with E-state index in [0.29, 0.717) is 0 Å². The number of hydrogen-bond donors (Lipinski definition) is 0. The summed E-state index contributed by atoms with van der Waals surface area (Å²) in [7, 11) is 2.08. The molecule has 0 aliphatic rings. The molecule has 0 spiro atoms. The number of pyridine rings is 1. The highest BCUT2D eigenvalue weighted by molar-refractivity contribution is 5.86. The van der Waals surface area contributed by atoms with Gasteiger partial charge in [-0.1, -0.05) is 24.3 Å². The van der Waals surface area contributed by atoms with Crippen LogP contribution in [0.3, 0.4) is 0 Å². The molecule has 2 nitrogen and oxygen atoms in total. The van der Waals surface area contributed by atoms with E-state index in [1.165, 1.54) is 16.8 Å². The Kier molecular flexibility index (Phi) is 2.69. The maximum Gasteiger partial charge on any atom is 0.0415 e. The molecule has 0 saturated heterocycles. The Labute approximate surface area is 107 Å². The van der Waals surface area contributed by atoms with E-state index in [2.05, 4.69) is 59.4 Å². The van der Waals surface area contributed by atoms with Crippen molar-refractivity contribution in [1.29, 1.82) is 0 Å². The summed E-state index contributed by atoms with van der Waals surface area (Å²) in [6.45, 7) is 0. The monoisotopic (exact) mass is 234 g/mol. The summed E-state index contributed by atoms with van der Waals surface area (Å²) in [6, 6.07) is 18.8. The van der Waals surface area contributed by atoms with Crippen molar-refractivity contribution in [3.8, 4) is 0 Å². The minimum absolute atomic E-state index is 1.16. The van der Waals surface area contributed by atoms with Crippen molar-refractivity contribution in [3.05, 3.63) is 67.0 Å². The summed E-state index contributed by atoms with van der Waals surface area (Å²) in [6.07, 6.45) is 3.72. The molecule has 2 aromatic carbocycles. The van der Waals surface area contributed by atoms with Gasteiger partial charge in [-0.05, 0) is 35.7 Å². The van der Waals surface area contributed by atoms with Gasteiger partial charge in [-0.25, -0.2) is 0 Å². The second-order valence-electron chi connectivity index (χ2n) is 4.30. The predicted octanol–water partition coefficient (Wildman–Crippen LogP) is 4.00. The predicted molar refractivity (Wildman–Crippen MR) is 76.2 cm³/mol. The highest BCUT2D eigenvalue weighted by atomic mass is 15.1. The van der Waals surface area contributed by atoms with Crippen molar-refractivity contribution >= 4 is 22.1 Å². The summed E-state index contributed by atoms with van der Waals surface area (Å²) in [4.78, 5) is 6.34. The first-order valence-electron chi connectivity index (χ1n) is 5.97. The van der Waals surface area contributed by atoms with E-state index in [9.17, 15) is 0 Å². The molecule has 1 heterocycles. The van der Waals surface area contributed by atoms with Crippen LogP contribution in [0.4, 0.5) is 11.4 Å². The molecule has 3 aromatic rings. The van der Waals surface area contributed by atoms with Crippen LogP contribution in [0.2, 0.25) is 0 Å². The van der Waals surface area contributed by atoms with Crippen LogP contribution in [-0.4, -0.2) is 12.0 Å². The Morgan fingerprint density at radius 3 is 2.50 bits per heavy atom. The smallest absolute Gasteiger partial charge is 0.0415 e. The summed E-state index contributed by atoms with van der Waals surface area (Å²) < 4.78 is 0. The van der Waals surface area contributed by atoms with E-state index < -0.39 is 0 Å². The van der Waals surface area contributed by atoms with E-state index in [4.69, 9.17) is 0 Å². The van der Waals surface area contributed by atoms with E-state index in [-0.39, 0.29) is 0 Å². The fourth-order valence-corrected chi connectivity index (χ4v) is 2.08. The summed E-state index contributed by atoms with van der Waals surface area (Å²) >= 11 is 0. The van der Waals surface area contributed by atoms with Crippen LogP contribution in [0.15, 0.2) is 67.0 Å². The van der Waals surface area contributed by atoms with Crippen LogP contribution in [0.1, 0.15) is 0 Å². The summed E-state index contributed by atoms with van der Waals surface area (Å²) in [5.41, 5.74) is 2.35. The molecule has 2 heteroatoms. The number of fused-ring (bicyclic) bond motifs is 1. The topological polar surface area (TPSA) is 16.1 Å². The molecule has 0 bridgehead atoms. The van der Waals surface area contributed by atoms with Gasteiger partial charge in [0.15, 0.2) is 0 Å². The van der Waals surface area contributed by atoms with Crippen LogP contribution in [0.25, 0.3) is 10.8 Å². The molecular formula is C16H14N2. The molecule has 0 amide bonds. The standard InChI is InChI=1S/C16H14N2/c1-18(15-5-3-2-4-6-15)16-8-7-13-9-10-17-12-14(13)11-16/h2-12H,1H3. The molecule has 0 unspecified atom stereocenters. The van der Waals surface area contributed by atoms with Crippen molar-refractivity contribution in [2.24, 2.45) is 0 Å². The fraction of sp³-hybridized carbons (Fsp3) is 0.0625. The number of benzene rings is 2. The zero-order valence-corrected chi connectivity index (χ0v) is 10.2. The zero-order valence-electron chi connectivity index (χ0n) is 10.2. The molecule has 0 radical (unpaired) electrons. The first kappa shape index (κ1) is 10.8. The number of aromatic nitrogens is 1. The third kappa shape index (κ3) is 1.93. The van der Waals surface area contributed by atoms with E-state index in [0.717, 1.165) is 5.39 Å².